The number of rotatable bonds is 0. The summed E-state index contributed by atoms with van der Waals surface area (Å²) >= 11 is 8.80. The quantitative estimate of drug-likeness (QED) is 0.228. The van der Waals surface area contributed by atoms with Crippen LogP contribution in [0.1, 0.15) is 45.2 Å². The lowest BCUT2D eigenvalue weighted by atomic mass is 9.53. The summed E-state index contributed by atoms with van der Waals surface area (Å²) in [6, 6.07) is 31.7. The first-order valence-electron chi connectivity index (χ1n) is 9.75. The van der Waals surface area contributed by atoms with E-state index in [9.17, 15) is 0 Å². The zero-order chi connectivity index (χ0) is 18.7. The molecule has 2 unspecified atom stereocenters. The topological polar surface area (TPSA) is 0 Å². The van der Waals surface area contributed by atoms with Crippen LogP contribution >= 0.6 is 31.9 Å². The van der Waals surface area contributed by atoms with Gasteiger partial charge in [0.1, 0.15) is 0 Å². The molecule has 134 valence electrons. The predicted octanol–water partition coefficient (Wildman–Crippen LogP) is 7.32. The summed E-state index contributed by atoms with van der Waals surface area (Å²) in [5.41, 5.74) is 8.67. The first-order chi connectivity index (χ1) is 13.7. The minimum absolute atomic E-state index is 0.212. The molecule has 4 aliphatic rings. The van der Waals surface area contributed by atoms with Crippen molar-refractivity contribution in [1.29, 1.82) is 0 Å². The molecule has 0 N–H and O–H groups in total. The van der Waals surface area contributed by atoms with Crippen molar-refractivity contribution >= 4 is 42.6 Å². The van der Waals surface area contributed by atoms with Gasteiger partial charge in [-0.3, -0.25) is 0 Å². The second kappa shape index (κ2) is 4.98. The summed E-state index contributed by atoms with van der Waals surface area (Å²) in [7, 11) is 0. The summed E-state index contributed by atoms with van der Waals surface area (Å²) in [5.74, 6) is 0.532. The number of hydrogen-bond acceptors (Lipinski definition) is 0. The maximum atomic E-state index is 4.40. The smallest absolute Gasteiger partial charge is 0.0771 e. The van der Waals surface area contributed by atoms with E-state index in [0.717, 1.165) is 0 Å². The molecule has 2 atom stereocenters. The van der Waals surface area contributed by atoms with E-state index in [1.54, 1.807) is 0 Å². The minimum Gasteiger partial charge on any atom is -0.0771 e. The van der Waals surface area contributed by atoms with Gasteiger partial charge in [-0.25, -0.2) is 0 Å². The molecule has 0 saturated heterocycles. The molecule has 8 rings (SSSR count). The maximum absolute atomic E-state index is 4.40. The Kier molecular flexibility index (Phi) is 2.84. The largest absolute Gasteiger partial charge is 0.0824 e. The molecule has 0 fully saturated rings. The standard InChI is InChI=1S/C26H16Br2/c27-25-20-13-5-7-15-8-6-14-21(22(15)20)26(25,28)24-17-10-2-1-9-16(17)23(25)18-11-3-4-12-19(18)24/h1-14,23-24H. The molecule has 4 aromatic carbocycles. The number of hydrogen-bond donors (Lipinski definition) is 0. The highest BCUT2D eigenvalue weighted by Crippen LogP contribution is 2.78. The van der Waals surface area contributed by atoms with Crippen LogP contribution < -0.4 is 0 Å². The lowest BCUT2D eigenvalue weighted by Crippen LogP contribution is -2.53. The molecule has 0 nitrogen and oxygen atoms in total. The van der Waals surface area contributed by atoms with Crippen LogP contribution in [0.15, 0.2) is 84.9 Å². The van der Waals surface area contributed by atoms with Crippen LogP contribution in [0, 0.1) is 0 Å². The van der Waals surface area contributed by atoms with Gasteiger partial charge in [0.05, 0.1) is 8.65 Å². The SMILES string of the molecule is BrC12c3cccc4cccc(c34)C1(Br)C1c3ccccc3C2c2ccccc21. The molecular formula is C26H16Br2. The summed E-state index contributed by atoms with van der Waals surface area (Å²) in [6.45, 7) is 0. The van der Waals surface area contributed by atoms with E-state index < -0.39 is 0 Å². The normalized spacial score (nSPS) is 30.8. The first kappa shape index (κ1) is 16.0. The van der Waals surface area contributed by atoms with Gasteiger partial charge in [0.15, 0.2) is 0 Å². The average Bonchev–Trinajstić information content (AvgIpc) is 2.95. The third-order valence-corrected chi connectivity index (χ3v) is 10.8. The van der Waals surface area contributed by atoms with Crippen LogP contribution in [-0.4, -0.2) is 0 Å². The summed E-state index contributed by atoms with van der Waals surface area (Å²) in [5, 5.41) is 2.74. The third kappa shape index (κ3) is 1.48. The zero-order valence-electron chi connectivity index (χ0n) is 15.0. The van der Waals surface area contributed by atoms with Gasteiger partial charge in [0.2, 0.25) is 0 Å². The number of benzene rings is 4. The van der Waals surface area contributed by atoms with Crippen LogP contribution in [0.4, 0.5) is 0 Å². The fourth-order valence-electron chi connectivity index (χ4n) is 6.34. The fraction of sp³-hybridized carbons (Fsp3) is 0.154. The molecule has 4 aromatic rings. The van der Waals surface area contributed by atoms with Crippen molar-refractivity contribution in [2.45, 2.75) is 20.5 Å². The first-order valence-corrected chi connectivity index (χ1v) is 11.3. The summed E-state index contributed by atoms with van der Waals surface area (Å²) in [6.07, 6.45) is 0. The van der Waals surface area contributed by atoms with Crippen LogP contribution in [-0.2, 0) is 8.65 Å². The lowest BCUT2D eigenvalue weighted by Gasteiger charge is -2.58. The van der Waals surface area contributed by atoms with E-state index in [1.165, 1.54) is 44.2 Å². The Bertz CT molecular complexity index is 1180. The van der Waals surface area contributed by atoms with E-state index in [-0.39, 0.29) is 20.5 Å². The van der Waals surface area contributed by atoms with Gasteiger partial charge >= 0.3 is 0 Å². The molecule has 0 saturated carbocycles. The number of alkyl halides is 2. The van der Waals surface area contributed by atoms with Crippen molar-refractivity contribution in [3.8, 4) is 0 Å². The van der Waals surface area contributed by atoms with Gasteiger partial charge in [-0.1, -0.05) is 117 Å². The van der Waals surface area contributed by atoms with Crippen LogP contribution in [0.3, 0.4) is 0 Å². The van der Waals surface area contributed by atoms with Crippen LogP contribution in [0.5, 0.6) is 0 Å². The predicted molar refractivity (Wildman–Crippen MR) is 122 cm³/mol. The molecule has 0 amide bonds. The Hall–Kier alpha value is -1.90. The second-order valence-electron chi connectivity index (χ2n) is 8.26. The van der Waals surface area contributed by atoms with E-state index in [0.29, 0.717) is 0 Å². The second-order valence-corrected chi connectivity index (χ2v) is 10.8. The van der Waals surface area contributed by atoms with E-state index >= 15 is 0 Å². The minimum atomic E-state index is -0.212. The molecule has 0 aromatic heterocycles. The average molecular weight is 488 g/mol. The van der Waals surface area contributed by atoms with Crippen molar-refractivity contribution < 1.29 is 0 Å². The van der Waals surface area contributed by atoms with Crippen molar-refractivity contribution in [2.24, 2.45) is 0 Å². The van der Waals surface area contributed by atoms with Crippen LogP contribution in [0.2, 0.25) is 0 Å². The Balaban J connectivity index is 1.73. The molecule has 2 bridgehead atoms. The molecule has 4 aliphatic carbocycles. The molecule has 0 heterocycles. The van der Waals surface area contributed by atoms with Gasteiger partial charge in [-0.15, -0.1) is 0 Å². The fourth-order valence-corrected chi connectivity index (χ4v) is 8.87. The Labute approximate surface area is 180 Å². The van der Waals surface area contributed by atoms with Crippen molar-refractivity contribution in [3.63, 3.8) is 0 Å². The zero-order valence-corrected chi connectivity index (χ0v) is 18.2. The molecule has 0 aliphatic heterocycles. The van der Waals surface area contributed by atoms with Crippen molar-refractivity contribution in [1.82, 2.24) is 0 Å². The maximum Gasteiger partial charge on any atom is 0.0824 e. The van der Waals surface area contributed by atoms with Gasteiger partial charge in [-0.2, -0.15) is 0 Å². The Morgan fingerprint density at radius 1 is 0.500 bits per heavy atom. The highest BCUT2D eigenvalue weighted by molar-refractivity contribution is 9.12. The number of halogens is 2. The van der Waals surface area contributed by atoms with Crippen molar-refractivity contribution in [2.75, 3.05) is 0 Å². The molecule has 28 heavy (non-hydrogen) atoms. The summed E-state index contributed by atoms with van der Waals surface area (Å²) in [4.78, 5) is 0. The highest BCUT2D eigenvalue weighted by atomic mass is 79.9. The molecular weight excluding hydrogens is 472 g/mol. The summed E-state index contributed by atoms with van der Waals surface area (Å²) < 4.78 is -0.423. The third-order valence-electron chi connectivity index (χ3n) is 7.25. The molecule has 2 heteroatoms. The van der Waals surface area contributed by atoms with Gasteiger partial charge in [0.25, 0.3) is 0 Å². The Morgan fingerprint density at radius 2 is 0.893 bits per heavy atom. The van der Waals surface area contributed by atoms with Gasteiger partial charge in [-0.05, 0) is 44.2 Å². The van der Waals surface area contributed by atoms with Crippen molar-refractivity contribution in [3.05, 3.63) is 118 Å². The molecule has 0 radical (unpaired) electrons. The van der Waals surface area contributed by atoms with E-state index in [2.05, 4.69) is 117 Å². The van der Waals surface area contributed by atoms with Gasteiger partial charge in [0, 0.05) is 11.8 Å². The molecule has 0 spiro atoms. The van der Waals surface area contributed by atoms with Gasteiger partial charge < -0.3 is 0 Å². The lowest BCUT2D eigenvalue weighted by molar-refractivity contribution is 0.344. The monoisotopic (exact) mass is 486 g/mol. The van der Waals surface area contributed by atoms with E-state index in [4.69, 9.17) is 0 Å². The highest BCUT2D eigenvalue weighted by Gasteiger charge is 2.70. The Morgan fingerprint density at radius 3 is 1.29 bits per heavy atom. The van der Waals surface area contributed by atoms with E-state index in [1.807, 2.05) is 0 Å². The van der Waals surface area contributed by atoms with Crippen LogP contribution in [0.25, 0.3) is 10.8 Å².